The van der Waals surface area contributed by atoms with Crippen LogP contribution in [0.15, 0.2) is 24.3 Å². The van der Waals surface area contributed by atoms with Crippen LogP contribution in [0.4, 0.5) is 0 Å². The van der Waals surface area contributed by atoms with E-state index in [1.165, 1.54) is 0 Å². The molecule has 0 bridgehead atoms. The molecule has 1 nitrogen and oxygen atoms in total. The molecule has 56 valence electrons. The van der Waals surface area contributed by atoms with Gasteiger partial charge in [0.15, 0.2) is 0 Å². The van der Waals surface area contributed by atoms with E-state index in [9.17, 15) is 0 Å². The maximum atomic E-state index is 4.98. The quantitative estimate of drug-likeness (QED) is 0.470. The Balaban J connectivity index is 0.000000810. The van der Waals surface area contributed by atoms with E-state index in [4.69, 9.17) is 4.74 Å². The Morgan fingerprint density at radius 1 is 1.30 bits per heavy atom. The number of hydrogen-bond acceptors (Lipinski definition) is 1. The van der Waals surface area contributed by atoms with Gasteiger partial charge in [-0.05, 0) is 0 Å². The summed E-state index contributed by atoms with van der Waals surface area (Å²) in [6.45, 7) is 3.77. The van der Waals surface area contributed by atoms with Gasteiger partial charge in [0.1, 0.15) is 0 Å². The second-order valence-electron chi connectivity index (χ2n) is 1.81. The molecule has 0 atom stereocenters. The molecule has 0 fully saturated rings. The molecule has 0 aliphatic rings. The van der Waals surface area contributed by atoms with Crippen LogP contribution in [0.25, 0.3) is 0 Å². The Kier molecular flexibility index (Phi) is 4.01. The van der Waals surface area contributed by atoms with E-state index in [0.717, 1.165) is 11.3 Å². The zero-order chi connectivity index (χ0) is 6.69. The summed E-state index contributed by atoms with van der Waals surface area (Å²) < 4.78 is 4.98. The van der Waals surface area contributed by atoms with Gasteiger partial charge in [-0.1, -0.05) is 12.1 Å². The van der Waals surface area contributed by atoms with Crippen LogP contribution in [0.5, 0.6) is 5.75 Å². The maximum absolute atomic E-state index is 4.98. The van der Waals surface area contributed by atoms with Crippen molar-refractivity contribution in [1.82, 2.24) is 0 Å². The van der Waals surface area contributed by atoms with Crippen LogP contribution in [-0.2, 0) is 17.1 Å². The van der Waals surface area contributed by atoms with Crippen LogP contribution in [0, 0.1) is 6.92 Å². The average Bonchev–Trinajstić information content (AvgIpc) is 1.89. The standard InChI is InChI=1S/C8H9O.Fe/c1-7-5-3-4-6-8(7)9-2;/h3-6H,1H2,2H3;/q-1;. The van der Waals surface area contributed by atoms with Gasteiger partial charge in [-0.3, -0.25) is 0 Å². The fraction of sp³-hybridized carbons (Fsp3) is 0.125. The molecule has 0 saturated carbocycles. The monoisotopic (exact) mass is 177 g/mol. The van der Waals surface area contributed by atoms with Crippen LogP contribution in [0.3, 0.4) is 0 Å². The molecule has 0 spiro atoms. The van der Waals surface area contributed by atoms with Gasteiger partial charge in [-0.25, -0.2) is 0 Å². The molecule has 0 N–H and O–H groups in total. The Hall–Kier alpha value is -0.591. The maximum Gasteiger partial charge on any atom is 0.0607 e. The van der Waals surface area contributed by atoms with E-state index in [1.807, 2.05) is 24.3 Å². The number of para-hydroxylation sites is 1. The predicted octanol–water partition coefficient (Wildman–Crippen LogP) is 1.87. The summed E-state index contributed by atoms with van der Waals surface area (Å²) in [6, 6.07) is 7.67. The first-order chi connectivity index (χ1) is 4.34. The largest absolute Gasteiger partial charge is 0.554 e. The zero-order valence-electron chi connectivity index (χ0n) is 5.78. The van der Waals surface area contributed by atoms with Crippen molar-refractivity contribution < 1.29 is 21.8 Å². The van der Waals surface area contributed by atoms with E-state index < -0.39 is 0 Å². The molecule has 0 radical (unpaired) electrons. The summed E-state index contributed by atoms with van der Waals surface area (Å²) in [5.74, 6) is 0.845. The van der Waals surface area contributed by atoms with Gasteiger partial charge in [-0.15, -0.1) is 6.07 Å². The Labute approximate surface area is 71.9 Å². The summed E-state index contributed by atoms with van der Waals surface area (Å²) in [6.07, 6.45) is 0. The zero-order valence-corrected chi connectivity index (χ0v) is 6.88. The molecule has 0 saturated heterocycles. The summed E-state index contributed by atoms with van der Waals surface area (Å²) in [5, 5.41) is 0. The van der Waals surface area contributed by atoms with Gasteiger partial charge in [0.05, 0.1) is 7.11 Å². The third kappa shape index (κ3) is 1.98. The molecule has 0 aliphatic carbocycles. The molecular formula is C8H9FeO-. The van der Waals surface area contributed by atoms with Gasteiger partial charge in [0, 0.05) is 22.8 Å². The number of hydrogen-bond donors (Lipinski definition) is 0. The van der Waals surface area contributed by atoms with Crippen LogP contribution >= 0.6 is 0 Å². The molecule has 2 heteroatoms. The SMILES string of the molecule is [CH2-]c1ccccc1OC.[Fe]. The van der Waals surface area contributed by atoms with E-state index in [2.05, 4.69) is 6.92 Å². The van der Waals surface area contributed by atoms with E-state index >= 15 is 0 Å². The van der Waals surface area contributed by atoms with Crippen molar-refractivity contribution in [3.8, 4) is 5.75 Å². The van der Waals surface area contributed by atoms with Crippen molar-refractivity contribution in [1.29, 1.82) is 0 Å². The van der Waals surface area contributed by atoms with Gasteiger partial charge in [-0.2, -0.15) is 18.6 Å². The fourth-order valence-electron chi connectivity index (χ4n) is 0.703. The molecule has 0 heterocycles. The second kappa shape index (κ2) is 4.26. The van der Waals surface area contributed by atoms with Crippen LogP contribution in [0.2, 0.25) is 0 Å². The van der Waals surface area contributed by atoms with Gasteiger partial charge in [0.25, 0.3) is 0 Å². The summed E-state index contributed by atoms with van der Waals surface area (Å²) in [5.41, 5.74) is 0.931. The van der Waals surface area contributed by atoms with E-state index in [1.54, 1.807) is 7.11 Å². The van der Waals surface area contributed by atoms with Crippen LogP contribution in [-0.4, -0.2) is 7.11 Å². The third-order valence-corrected chi connectivity index (χ3v) is 1.19. The Morgan fingerprint density at radius 2 is 1.90 bits per heavy atom. The van der Waals surface area contributed by atoms with Crippen LogP contribution in [0.1, 0.15) is 5.56 Å². The molecule has 0 amide bonds. The van der Waals surface area contributed by atoms with E-state index in [-0.39, 0.29) is 17.1 Å². The molecule has 1 aromatic carbocycles. The van der Waals surface area contributed by atoms with Crippen molar-refractivity contribution >= 4 is 0 Å². The van der Waals surface area contributed by atoms with Crippen molar-refractivity contribution in [2.75, 3.05) is 7.11 Å². The minimum absolute atomic E-state index is 0. The fourth-order valence-corrected chi connectivity index (χ4v) is 0.703. The first-order valence-electron chi connectivity index (χ1n) is 2.79. The topological polar surface area (TPSA) is 9.23 Å². The normalized spacial score (nSPS) is 8.10. The molecule has 1 rings (SSSR count). The number of ether oxygens (including phenoxy) is 1. The summed E-state index contributed by atoms with van der Waals surface area (Å²) in [4.78, 5) is 0. The second-order valence-corrected chi connectivity index (χ2v) is 1.81. The van der Waals surface area contributed by atoms with Crippen molar-refractivity contribution in [2.24, 2.45) is 0 Å². The molecule has 0 aromatic heterocycles. The minimum atomic E-state index is 0. The molecule has 0 unspecified atom stereocenters. The molecule has 10 heavy (non-hydrogen) atoms. The van der Waals surface area contributed by atoms with E-state index in [0.29, 0.717) is 0 Å². The first-order valence-corrected chi connectivity index (χ1v) is 2.79. The number of benzene rings is 1. The minimum Gasteiger partial charge on any atom is -0.554 e. The van der Waals surface area contributed by atoms with Crippen molar-refractivity contribution in [2.45, 2.75) is 0 Å². The Bertz CT molecular complexity index is 198. The van der Waals surface area contributed by atoms with Gasteiger partial charge >= 0.3 is 0 Å². The van der Waals surface area contributed by atoms with Gasteiger partial charge in [0.2, 0.25) is 0 Å². The predicted molar refractivity (Wildman–Crippen MR) is 37.5 cm³/mol. The van der Waals surface area contributed by atoms with Crippen molar-refractivity contribution in [3.63, 3.8) is 0 Å². The number of rotatable bonds is 1. The number of methoxy groups -OCH3 is 1. The Morgan fingerprint density at radius 3 is 2.30 bits per heavy atom. The van der Waals surface area contributed by atoms with Gasteiger partial charge < -0.3 is 4.74 Å². The first kappa shape index (κ1) is 9.41. The third-order valence-electron chi connectivity index (χ3n) is 1.19. The summed E-state index contributed by atoms with van der Waals surface area (Å²) in [7, 11) is 1.64. The smallest absolute Gasteiger partial charge is 0.0607 e. The molecule has 0 aliphatic heterocycles. The van der Waals surface area contributed by atoms with Crippen molar-refractivity contribution in [3.05, 3.63) is 36.8 Å². The van der Waals surface area contributed by atoms with Crippen LogP contribution < -0.4 is 4.74 Å². The average molecular weight is 177 g/mol. The molecule has 1 aromatic rings. The molecular weight excluding hydrogens is 168 g/mol. The summed E-state index contributed by atoms with van der Waals surface area (Å²) >= 11 is 0.